The van der Waals surface area contributed by atoms with E-state index in [4.69, 9.17) is 0 Å². The fourth-order valence-corrected chi connectivity index (χ4v) is 4.59. The summed E-state index contributed by atoms with van der Waals surface area (Å²) in [5.74, 6) is -1.35. The molecular weight excluding hydrogens is 430 g/mol. The Hall–Kier alpha value is -2.69. The van der Waals surface area contributed by atoms with Crippen molar-refractivity contribution < 1.29 is 18.4 Å². The van der Waals surface area contributed by atoms with E-state index in [1.807, 2.05) is 22.4 Å². The maximum Gasteiger partial charge on any atom is 0.264 e. The van der Waals surface area contributed by atoms with Crippen LogP contribution in [0.4, 0.5) is 13.9 Å². The number of thiazole rings is 1. The summed E-state index contributed by atoms with van der Waals surface area (Å²) in [4.78, 5) is 33.4. The minimum atomic E-state index is -0.574. The molecule has 0 spiro atoms. The zero-order valence-corrected chi connectivity index (χ0v) is 17.4. The number of piperazine rings is 1. The molecule has 10 heteroatoms. The van der Waals surface area contributed by atoms with Gasteiger partial charge >= 0.3 is 0 Å². The van der Waals surface area contributed by atoms with Gasteiger partial charge < -0.3 is 10.2 Å². The van der Waals surface area contributed by atoms with E-state index in [0.717, 1.165) is 34.4 Å². The van der Waals surface area contributed by atoms with Crippen molar-refractivity contribution >= 4 is 39.6 Å². The molecule has 0 saturated carbocycles. The summed E-state index contributed by atoms with van der Waals surface area (Å²) >= 11 is 2.57. The second kappa shape index (κ2) is 8.99. The van der Waals surface area contributed by atoms with Gasteiger partial charge in [-0.05, 0) is 29.6 Å². The van der Waals surface area contributed by atoms with Crippen molar-refractivity contribution in [2.45, 2.75) is 0 Å². The van der Waals surface area contributed by atoms with Crippen LogP contribution in [0.2, 0.25) is 0 Å². The third-order valence-corrected chi connectivity index (χ3v) is 6.33. The predicted molar refractivity (Wildman–Crippen MR) is 113 cm³/mol. The summed E-state index contributed by atoms with van der Waals surface area (Å²) in [5.41, 5.74) is 0.325. The Bertz CT molecular complexity index is 1050. The van der Waals surface area contributed by atoms with Crippen molar-refractivity contribution in [1.82, 2.24) is 14.8 Å². The van der Waals surface area contributed by atoms with E-state index in [1.54, 1.807) is 10.3 Å². The smallest absolute Gasteiger partial charge is 0.264 e. The SMILES string of the molecule is O=C(CN1CCN(C(=O)c2cccs2)CC1)Nc1nc(-c2cc(F)ccc2F)cs1. The molecule has 2 amide bonds. The number of rotatable bonds is 5. The lowest BCUT2D eigenvalue weighted by Crippen LogP contribution is -2.50. The molecule has 1 fully saturated rings. The first-order valence-corrected chi connectivity index (χ1v) is 11.0. The topological polar surface area (TPSA) is 65.5 Å². The number of benzene rings is 1. The molecule has 3 heterocycles. The van der Waals surface area contributed by atoms with Crippen LogP contribution in [0.3, 0.4) is 0 Å². The van der Waals surface area contributed by atoms with Gasteiger partial charge in [0.15, 0.2) is 5.13 Å². The van der Waals surface area contributed by atoms with Crippen LogP contribution in [-0.4, -0.2) is 59.3 Å². The highest BCUT2D eigenvalue weighted by atomic mass is 32.1. The zero-order valence-electron chi connectivity index (χ0n) is 15.8. The molecule has 1 aromatic carbocycles. The van der Waals surface area contributed by atoms with Gasteiger partial charge in [0.1, 0.15) is 11.6 Å². The first kappa shape index (κ1) is 20.6. The Balaban J connectivity index is 1.29. The standard InChI is InChI=1S/C20H18F2N4O2S2/c21-13-3-4-15(22)14(10-13)16-12-30-20(23-16)24-18(27)11-25-5-7-26(8-6-25)19(28)17-2-1-9-29-17/h1-4,9-10,12H,5-8,11H2,(H,23,24,27). The lowest BCUT2D eigenvalue weighted by Gasteiger charge is -2.34. The molecule has 1 N–H and O–H groups in total. The van der Waals surface area contributed by atoms with Gasteiger partial charge in [-0.3, -0.25) is 14.5 Å². The molecule has 0 radical (unpaired) electrons. The second-order valence-electron chi connectivity index (χ2n) is 6.76. The summed E-state index contributed by atoms with van der Waals surface area (Å²) in [6.07, 6.45) is 0. The van der Waals surface area contributed by atoms with Crippen molar-refractivity contribution in [3.63, 3.8) is 0 Å². The maximum absolute atomic E-state index is 13.9. The van der Waals surface area contributed by atoms with Crippen LogP contribution in [0.5, 0.6) is 0 Å². The molecule has 30 heavy (non-hydrogen) atoms. The van der Waals surface area contributed by atoms with E-state index in [1.165, 1.54) is 11.3 Å². The summed E-state index contributed by atoms with van der Waals surface area (Å²) in [6, 6.07) is 6.83. The molecule has 0 aliphatic carbocycles. The van der Waals surface area contributed by atoms with Crippen LogP contribution >= 0.6 is 22.7 Å². The van der Waals surface area contributed by atoms with Crippen molar-refractivity contribution in [2.75, 3.05) is 38.0 Å². The second-order valence-corrected chi connectivity index (χ2v) is 8.56. The van der Waals surface area contributed by atoms with Crippen LogP contribution < -0.4 is 5.32 Å². The number of nitrogens with one attached hydrogen (secondary N) is 1. The largest absolute Gasteiger partial charge is 0.335 e. The number of aromatic nitrogens is 1. The Kier molecular flexibility index (Phi) is 6.16. The predicted octanol–water partition coefficient (Wildman–Crippen LogP) is 3.55. The molecule has 6 nitrogen and oxygen atoms in total. The van der Waals surface area contributed by atoms with E-state index in [2.05, 4.69) is 10.3 Å². The third-order valence-electron chi connectivity index (χ3n) is 4.71. The van der Waals surface area contributed by atoms with Gasteiger partial charge in [0.2, 0.25) is 5.91 Å². The zero-order chi connectivity index (χ0) is 21.1. The van der Waals surface area contributed by atoms with Crippen LogP contribution in [0.15, 0.2) is 41.1 Å². The van der Waals surface area contributed by atoms with Gasteiger partial charge in [0.25, 0.3) is 5.91 Å². The molecule has 1 saturated heterocycles. The third kappa shape index (κ3) is 4.72. The number of anilines is 1. The molecule has 156 valence electrons. The van der Waals surface area contributed by atoms with Gasteiger partial charge in [0, 0.05) is 37.1 Å². The Morgan fingerprint density at radius 3 is 2.63 bits per heavy atom. The van der Waals surface area contributed by atoms with Crippen molar-refractivity contribution in [2.24, 2.45) is 0 Å². The van der Waals surface area contributed by atoms with E-state index in [0.29, 0.717) is 31.3 Å². The van der Waals surface area contributed by atoms with Gasteiger partial charge in [-0.25, -0.2) is 13.8 Å². The monoisotopic (exact) mass is 448 g/mol. The average molecular weight is 449 g/mol. The maximum atomic E-state index is 13.9. The number of carbonyl (C=O) groups excluding carboxylic acids is 2. The van der Waals surface area contributed by atoms with E-state index in [-0.39, 0.29) is 29.6 Å². The molecular formula is C20H18F2N4O2S2. The molecule has 1 aliphatic heterocycles. The molecule has 1 aliphatic rings. The summed E-state index contributed by atoms with van der Waals surface area (Å²) < 4.78 is 27.3. The normalized spacial score (nSPS) is 14.7. The number of hydrogen-bond donors (Lipinski definition) is 1. The lowest BCUT2D eigenvalue weighted by atomic mass is 10.1. The van der Waals surface area contributed by atoms with E-state index < -0.39 is 11.6 Å². The fourth-order valence-electron chi connectivity index (χ4n) is 3.18. The fraction of sp³-hybridized carbons (Fsp3) is 0.250. The number of halogens is 2. The molecule has 0 bridgehead atoms. The summed E-state index contributed by atoms with van der Waals surface area (Å²) in [6.45, 7) is 2.49. The van der Waals surface area contributed by atoms with E-state index in [9.17, 15) is 18.4 Å². The Morgan fingerprint density at radius 1 is 1.10 bits per heavy atom. The van der Waals surface area contributed by atoms with Crippen LogP contribution in [0.25, 0.3) is 11.3 Å². The summed E-state index contributed by atoms with van der Waals surface area (Å²) in [5, 5.41) is 6.47. The number of nitrogens with zero attached hydrogens (tertiary/aromatic N) is 3. The van der Waals surface area contributed by atoms with Crippen LogP contribution in [0.1, 0.15) is 9.67 Å². The number of carbonyl (C=O) groups is 2. The number of thiophene rings is 1. The van der Waals surface area contributed by atoms with Gasteiger partial charge in [-0.2, -0.15) is 0 Å². The van der Waals surface area contributed by atoms with Crippen LogP contribution in [-0.2, 0) is 4.79 Å². The highest BCUT2D eigenvalue weighted by molar-refractivity contribution is 7.14. The summed E-state index contributed by atoms with van der Waals surface area (Å²) in [7, 11) is 0. The van der Waals surface area contributed by atoms with Gasteiger partial charge in [0.05, 0.1) is 17.1 Å². The Labute approximate surface area is 179 Å². The lowest BCUT2D eigenvalue weighted by molar-refractivity contribution is -0.117. The van der Waals surface area contributed by atoms with Crippen molar-refractivity contribution in [3.8, 4) is 11.3 Å². The molecule has 0 atom stereocenters. The van der Waals surface area contributed by atoms with Gasteiger partial charge in [-0.15, -0.1) is 22.7 Å². The highest BCUT2D eigenvalue weighted by Gasteiger charge is 2.24. The quantitative estimate of drug-likeness (QED) is 0.649. The molecule has 2 aromatic heterocycles. The van der Waals surface area contributed by atoms with Crippen molar-refractivity contribution in [1.29, 1.82) is 0 Å². The van der Waals surface area contributed by atoms with Gasteiger partial charge in [-0.1, -0.05) is 6.07 Å². The Morgan fingerprint density at radius 2 is 1.90 bits per heavy atom. The molecule has 4 rings (SSSR count). The van der Waals surface area contributed by atoms with E-state index >= 15 is 0 Å². The highest BCUT2D eigenvalue weighted by Crippen LogP contribution is 2.27. The number of amides is 2. The minimum Gasteiger partial charge on any atom is -0.335 e. The molecule has 3 aromatic rings. The van der Waals surface area contributed by atoms with Crippen LogP contribution in [0, 0.1) is 11.6 Å². The number of hydrogen-bond acceptors (Lipinski definition) is 6. The van der Waals surface area contributed by atoms with Crippen molar-refractivity contribution in [3.05, 3.63) is 57.6 Å². The molecule has 0 unspecified atom stereocenters. The first-order chi connectivity index (χ1) is 14.5. The first-order valence-electron chi connectivity index (χ1n) is 9.25. The minimum absolute atomic E-state index is 0.0222. The average Bonchev–Trinajstić information content (AvgIpc) is 3.42.